The zero-order valence-electron chi connectivity index (χ0n) is 16.7. The average molecular weight is 425 g/mol. The predicted molar refractivity (Wildman–Crippen MR) is 115 cm³/mol. The summed E-state index contributed by atoms with van der Waals surface area (Å²) in [4.78, 5) is 21.7. The minimum atomic E-state index is -3.90. The zero-order valence-corrected chi connectivity index (χ0v) is 17.5. The predicted octanol–water partition coefficient (Wildman–Crippen LogP) is 4.26. The number of hydrogen-bond acceptors (Lipinski definition) is 5. The smallest absolute Gasteiger partial charge is 0.337 e. The molecule has 0 aliphatic carbocycles. The van der Waals surface area contributed by atoms with Crippen LogP contribution in [-0.4, -0.2) is 36.6 Å². The lowest BCUT2D eigenvalue weighted by Crippen LogP contribution is -2.08. The van der Waals surface area contributed by atoms with E-state index in [1.165, 1.54) is 18.6 Å². The average Bonchev–Trinajstić information content (AvgIpc) is 2.69. The maximum absolute atomic E-state index is 11.2. The fourth-order valence-corrected chi connectivity index (χ4v) is 1.37. The third-order valence-electron chi connectivity index (χ3n) is 2.97. The van der Waals surface area contributed by atoms with Crippen molar-refractivity contribution in [2.24, 2.45) is 0 Å². The number of carbonyl (C=O) groups is 2. The van der Waals surface area contributed by atoms with E-state index in [4.69, 9.17) is 14.4 Å². The Labute approximate surface area is 172 Å². The summed E-state index contributed by atoms with van der Waals surface area (Å²) in [6, 6.07) is 10.0. The van der Waals surface area contributed by atoms with Crippen LogP contribution in [0.5, 0.6) is 0 Å². The van der Waals surface area contributed by atoms with Gasteiger partial charge in [-0.1, -0.05) is 69.5 Å². The molecule has 160 valence electrons. The first-order chi connectivity index (χ1) is 13.5. The number of hydrogen-bond donors (Lipinski definition) is 2. The normalized spacial score (nSPS) is 10.2. The van der Waals surface area contributed by atoms with E-state index in [1.54, 1.807) is 0 Å². The fraction of sp³-hybridized carbons (Fsp3) is 0.238. The van der Waals surface area contributed by atoms with E-state index in [-0.39, 0.29) is 11.1 Å². The van der Waals surface area contributed by atoms with Crippen LogP contribution in [0.1, 0.15) is 32.3 Å². The molecule has 0 aliphatic rings. The van der Waals surface area contributed by atoms with Crippen molar-refractivity contribution in [3.05, 3.63) is 78.3 Å². The second-order valence-corrected chi connectivity index (χ2v) is 6.81. The highest BCUT2D eigenvalue weighted by Crippen LogP contribution is 2.03. The van der Waals surface area contributed by atoms with E-state index >= 15 is 0 Å². The van der Waals surface area contributed by atoms with Crippen LogP contribution in [0.4, 0.5) is 0 Å². The minimum Gasteiger partial charge on any atom is -0.478 e. The molecule has 0 aromatic heterocycles. The Morgan fingerprint density at radius 3 is 2.03 bits per heavy atom. The molecule has 0 saturated carbocycles. The molecule has 2 N–H and O–H groups in total. The highest BCUT2D eigenvalue weighted by molar-refractivity contribution is 7.88. The van der Waals surface area contributed by atoms with Gasteiger partial charge in [0.05, 0.1) is 17.6 Å². The highest BCUT2D eigenvalue weighted by Gasteiger charge is 2.08. The number of ether oxygens (including phenoxy) is 1. The van der Waals surface area contributed by atoms with Gasteiger partial charge in [0.25, 0.3) is 10.1 Å². The van der Waals surface area contributed by atoms with Gasteiger partial charge in [0.15, 0.2) is 0 Å². The van der Waals surface area contributed by atoms with Crippen molar-refractivity contribution in [1.82, 2.24) is 0 Å². The maximum atomic E-state index is 11.2. The number of carboxylic acids is 1. The molecule has 0 fully saturated rings. The zero-order chi connectivity index (χ0) is 22.9. The lowest BCUT2D eigenvalue weighted by atomic mass is 10.2. The largest absolute Gasteiger partial charge is 0.478 e. The fourth-order valence-electron chi connectivity index (χ4n) is 1.37. The highest BCUT2D eigenvalue weighted by atomic mass is 32.2. The molecular formula is C21H28O7S. The molecule has 7 nitrogen and oxygen atoms in total. The Hall–Kier alpha value is -2.97. The van der Waals surface area contributed by atoms with E-state index in [0.717, 1.165) is 12.8 Å². The molecule has 0 amide bonds. The molecular weight excluding hydrogens is 396 g/mol. The van der Waals surface area contributed by atoms with Crippen molar-refractivity contribution < 1.29 is 32.4 Å². The molecule has 0 aliphatic heterocycles. The Kier molecular flexibility index (Phi) is 15.6. The van der Waals surface area contributed by atoms with E-state index in [0.29, 0.717) is 12.0 Å². The van der Waals surface area contributed by atoms with Crippen LogP contribution in [0.2, 0.25) is 0 Å². The molecule has 0 radical (unpaired) electrons. The number of unbranched alkanes of at least 4 members (excludes halogenated alkanes) is 1. The molecule has 1 rings (SSSR count). The van der Waals surface area contributed by atoms with Crippen molar-refractivity contribution >= 4 is 28.1 Å². The van der Waals surface area contributed by atoms with Gasteiger partial charge in [-0.05, 0) is 25.0 Å². The standard InChI is InChI=1S/C11H16O4.C8H8.C2H4O3S/c1-4-5-6-15-11(14)9(3)7-8(2)10(12)13;1-2-8-6-4-3-5-7-8;1-2-6(3,4)5/h7H,3-6H2,1-2H3,(H,12,13);2-7H,1H2;2H,1H2,(H,3,4,5). The van der Waals surface area contributed by atoms with Gasteiger partial charge >= 0.3 is 11.9 Å². The van der Waals surface area contributed by atoms with Crippen LogP contribution in [0.25, 0.3) is 6.08 Å². The molecule has 0 saturated heterocycles. The lowest BCUT2D eigenvalue weighted by molar-refractivity contribution is -0.138. The summed E-state index contributed by atoms with van der Waals surface area (Å²) in [5, 5.41) is 9.03. The first kappa shape index (κ1) is 28.2. The maximum Gasteiger partial charge on any atom is 0.337 e. The number of carbonyl (C=O) groups excluding carboxylic acids is 1. The molecule has 29 heavy (non-hydrogen) atoms. The van der Waals surface area contributed by atoms with E-state index in [9.17, 15) is 18.0 Å². The summed E-state index contributed by atoms with van der Waals surface area (Å²) in [5.74, 6) is -1.64. The van der Waals surface area contributed by atoms with Gasteiger partial charge < -0.3 is 9.84 Å². The van der Waals surface area contributed by atoms with Crippen LogP contribution < -0.4 is 0 Å². The van der Waals surface area contributed by atoms with Crippen LogP contribution >= 0.6 is 0 Å². The number of carboxylic acid groups (broad SMARTS) is 1. The first-order valence-electron chi connectivity index (χ1n) is 8.53. The van der Waals surface area contributed by atoms with Crippen LogP contribution in [0.3, 0.4) is 0 Å². The van der Waals surface area contributed by atoms with E-state index < -0.39 is 22.1 Å². The van der Waals surface area contributed by atoms with Crippen LogP contribution in [-0.2, 0) is 24.4 Å². The first-order valence-corrected chi connectivity index (χ1v) is 10.0. The molecule has 1 aromatic carbocycles. The van der Waals surface area contributed by atoms with Gasteiger partial charge in [-0.3, -0.25) is 4.55 Å². The van der Waals surface area contributed by atoms with Crippen molar-refractivity contribution in [1.29, 1.82) is 0 Å². The quantitative estimate of drug-likeness (QED) is 0.210. The van der Waals surface area contributed by atoms with Crippen molar-refractivity contribution in [3.8, 4) is 0 Å². The topological polar surface area (TPSA) is 118 Å². The van der Waals surface area contributed by atoms with Crippen LogP contribution in [0.15, 0.2) is 72.7 Å². The van der Waals surface area contributed by atoms with Gasteiger partial charge in [0, 0.05) is 5.57 Å². The number of aliphatic carboxylic acids is 1. The van der Waals surface area contributed by atoms with Crippen molar-refractivity contribution in [3.63, 3.8) is 0 Å². The Morgan fingerprint density at radius 1 is 1.17 bits per heavy atom. The summed E-state index contributed by atoms with van der Waals surface area (Å²) < 4.78 is 31.4. The summed E-state index contributed by atoms with van der Waals surface area (Å²) >= 11 is 0. The lowest BCUT2D eigenvalue weighted by Gasteiger charge is -2.03. The summed E-state index contributed by atoms with van der Waals surface area (Å²) in [5.41, 5.74) is 1.30. The second kappa shape index (κ2) is 16.0. The molecule has 1 aromatic rings. The van der Waals surface area contributed by atoms with Crippen molar-refractivity contribution in [2.75, 3.05) is 6.61 Å². The SMILES string of the molecule is C=C(C=C(C)C(=O)O)C(=O)OCCCC.C=CS(=O)(=O)O.C=Cc1ccccc1. The Bertz CT molecular complexity index is 795. The van der Waals surface area contributed by atoms with E-state index in [2.05, 4.69) is 19.7 Å². The third-order valence-corrected chi connectivity index (χ3v) is 3.39. The number of benzene rings is 1. The number of esters is 1. The Balaban J connectivity index is 0. The summed E-state index contributed by atoms with van der Waals surface area (Å²) in [6.45, 7) is 13.6. The monoisotopic (exact) mass is 424 g/mol. The van der Waals surface area contributed by atoms with Gasteiger partial charge in [-0.25, -0.2) is 9.59 Å². The summed E-state index contributed by atoms with van der Waals surface area (Å²) in [6.07, 6.45) is 4.76. The van der Waals surface area contributed by atoms with Crippen LogP contribution in [0, 0.1) is 0 Å². The molecule has 0 atom stereocenters. The minimum absolute atomic E-state index is 0.0611. The number of rotatable bonds is 8. The third kappa shape index (κ3) is 18.2. The van der Waals surface area contributed by atoms with Gasteiger partial charge in [0.2, 0.25) is 0 Å². The van der Waals surface area contributed by atoms with Gasteiger partial charge in [0.1, 0.15) is 0 Å². The molecule has 0 spiro atoms. The van der Waals surface area contributed by atoms with Gasteiger partial charge in [-0.2, -0.15) is 8.42 Å². The van der Waals surface area contributed by atoms with Crippen molar-refractivity contribution in [2.45, 2.75) is 26.7 Å². The second-order valence-electron chi connectivity index (χ2n) is 5.44. The molecule has 0 bridgehead atoms. The molecule has 0 unspecified atom stereocenters. The Morgan fingerprint density at radius 2 is 1.69 bits per heavy atom. The van der Waals surface area contributed by atoms with E-state index in [1.807, 2.05) is 43.3 Å². The summed E-state index contributed by atoms with van der Waals surface area (Å²) in [7, 11) is -3.90. The molecule has 8 heteroatoms. The van der Waals surface area contributed by atoms with Gasteiger partial charge in [-0.15, -0.1) is 0 Å². The molecule has 0 heterocycles.